The van der Waals surface area contributed by atoms with Gasteiger partial charge in [-0.3, -0.25) is 0 Å². The van der Waals surface area contributed by atoms with Crippen LogP contribution in [0.1, 0.15) is 18.1 Å². The highest BCUT2D eigenvalue weighted by atomic mass is 32.2. The van der Waals surface area contributed by atoms with Crippen LogP contribution in [0.4, 0.5) is 0 Å². The maximum absolute atomic E-state index is 12.5. The lowest BCUT2D eigenvalue weighted by atomic mass is 10.2. The molecule has 0 fully saturated rings. The highest BCUT2D eigenvalue weighted by Gasteiger charge is 2.13. The van der Waals surface area contributed by atoms with Crippen LogP contribution < -0.4 is 4.80 Å². The normalized spacial score (nSPS) is 12.9. The first-order chi connectivity index (χ1) is 10.9. The molecule has 0 spiro atoms. The quantitative estimate of drug-likeness (QED) is 0.730. The Kier molecular flexibility index (Phi) is 4.12. The van der Waals surface area contributed by atoms with Crippen molar-refractivity contribution in [2.24, 2.45) is 11.4 Å². The molecule has 0 aliphatic rings. The number of fused-ring (bicyclic) bond motifs is 1. The summed E-state index contributed by atoms with van der Waals surface area (Å²) < 4.78 is 31.9. The van der Waals surface area contributed by atoms with Crippen LogP contribution in [0.5, 0.6) is 0 Å². The minimum Gasteiger partial charge on any atom is -0.319 e. The Morgan fingerprint density at radius 1 is 1.13 bits per heavy atom. The molecule has 0 aliphatic heterocycles. The first kappa shape index (κ1) is 16.0. The van der Waals surface area contributed by atoms with Crippen molar-refractivity contribution >= 4 is 31.6 Å². The third-order valence-electron chi connectivity index (χ3n) is 3.80. The van der Waals surface area contributed by atoms with Gasteiger partial charge in [0, 0.05) is 7.05 Å². The van der Waals surface area contributed by atoms with Crippen LogP contribution in [0.15, 0.2) is 51.8 Å². The third-order valence-corrected chi connectivity index (χ3v) is 6.29. The van der Waals surface area contributed by atoms with Crippen LogP contribution in [0.3, 0.4) is 0 Å². The van der Waals surface area contributed by atoms with E-state index < -0.39 is 10.0 Å². The van der Waals surface area contributed by atoms with E-state index in [1.807, 2.05) is 24.6 Å². The molecule has 0 N–H and O–H groups in total. The summed E-state index contributed by atoms with van der Waals surface area (Å²) in [6, 6.07) is 12.9. The topological polar surface area (TPSA) is 51.4 Å². The van der Waals surface area contributed by atoms with E-state index >= 15 is 0 Å². The summed E-state index contributed by atoms with van der Waals surface area (Å²) >= 11 is 1.40. The fourth-order valence-electron chi connectivity index (χ4n) is 2.35. The molecule has 0 atom stereocenters. The van der Waals surface area contributed by atoms with Gasteiger partial charge in [-0.15, -0.1) is 4.40 Å². The van der Waals surface area contributed by atoms with Crippen LogP contribution >= 0.6 is 11.3 Å². The molecule has 0 bridgehead atoms. The molecule has 0 saturated heterocycles. The van der Waals surface area contributed by atoms with E-state index in [9.17, 15) is 8.42 Å². The molecule has 3 rings (SSSR count). The molecule has 23 heavy (non-hydrogen) atoms. The van der Waals surface area contributed by atoms with Gasteiger partial charge in [-0.2, -0.15) is 8.42 Å². The van der Waals surface area contributed by atoms with Gasteiger partial charge < -0.3 is 4.57 Å². The fraction of sp³-hybridized carbons (Fsp3) is 0.235. The number of aryl methyl sites for hydroxylation is 3. The standard InChI is InChI=1S/C17H18N2O2S2/c1-4-13-7-10-15-16(11-13)22-17(19(15)3)18-23(20,21)14-8-5-12(2)6-9-14/h5-11H,4H2,1-3H3. The van der Waals surface area contributed by atoms with E-state index in [0.717, 1.165) is 22.2 Å². The first-order valence-corrected chi connectivity index (χ1v) is 9.62. The van der Waals surface area contributed by atoms with Crippen molar-refractivity contribution in [3.05, 3.63) is 58.4 Å². The zero-order valence-corrected chi connectivity index (χ0v) is 14.9. The monoisotopic (exact) mass is 346 g/mol. The van der Waals surface area contributed by atoms with E-state index in [-0.39, 0.29) is 4.90 Å². The van der Waals surface area contributed by atoms with Gasteiger partial charge in [-0.05, 0) is 43.2 Å². The summed E-state index contributed by atoms with van der Waals surface area (Å²) in [6.07, 6.45) is 0.950. The summed E-state index contributed by atoms with van der Waals surface area (Å²) in [7, 11) is -1.86. The molecule has 1 aromatic heterocycles. The van der Waals surface area contributed by atoms with E-state index in [4.69, 9.17) is 0 Å². The van der Waals surface area contributed by atoms with E-state index in [1.165, 1.54) is 16.9 Å². The lowest BCUT2D eigenvalue weighted by Gasteiger charge is -1.99. The molecule has 1 heterocycles. The van der Waals surface area contributed by atoms with Crippen molar-refractivity contribution in [1.82, 2.24) is 4.57 Å². The summed E-state index contributed by atoms with van der Waals surface area (Å²) in [4.78, 5) is 0.698. The predicted octanol–water partition coefficient (Wildman–Crippen LogP) is 3.40. The molecule has 0 aliphatic carbocycles. The lowest BCUT2D eigenvalue weighted by Crippen LogP contribution is -2.13. The van der Waals surface area contributed by atoms with Gasteiger partial charge in [0.2, 0.25) is 4.80 Å². The zero-order valence-electron chi connectivity index (χ0n) is 13.3. The van der Waals surface area contributed by atoms with Gasteiger partial charge in [-0.25, -0.2) is 0 Å². The predicted molar refractivity (Wildman–Crippen MR) is 94.1 cm³/mol. The highest BCUT2D eigenvalue weighted by molar-refractivity contribution is 7.90. The summed E-state index contributed by atoms with van der Waals surface area (Å²) in [5, 5.41) is 0. The zero-order chi connectivity index (χ0) is 16.6. The van der Waals surface area contributed by atoms with Gasteiger partial charge in [0.05, 0.1) is 15.1 Å². The number of nitrogens with zero attached hydrogens (tertiary/aromatic N) is 2. The Hall–Kier alpha value is -1.92. The number of sulfonamides is 1. The molecular weight excluding hydrogens is 328 g/mol. The minimum absolute atomic E-state index is 0.217. The molecule has 0 radical (unpaired) electrons. The number of benzene rings is 2. The summed E-state index contributed by atoms with van der Waals surface area (Å²) in [6.45, 7) is 4.02. The van der Waals surface area contributed by atoms with E-state index in [1.54, 1.807) is 24.3 Å². The Bertz CT molecular complexity index is 1030. The van der Waals surface area contributed by atoms with Gasteiger partial charge in [0.25, 0.3) is 10.0 Å². The Balaban J connectivity index is 2.16. The average molecular weight is 346 g/mol. The minimum atomic E-state index is -3.70. The molecule has 120 valence electrons. The number of hydrogen-bond donors (Lipinski definition) is 0. The van der Waals surface area contributed by atoms with Crippen molar-refractivity contribution in [2.75, 3.05) is 0 Å². The molecule has 2 aromatic carbocycles. The van der Waals surface area contributed by atoms with E-state index in [0.29, 0.717) is 4.80 Å². The Labute approximate surface area is 139 Å². The van der Waals surface area contributed by atoms with Gasteiger partial charge >= 0.3 is 0 Å². The second-order valence-electron chi connectivity index (χ2n) is 5.48. The van der Waals surface area contributed by atoms with Crippen molar-refractivity contribution in [3.63, 3.8) is 0 Å². The molecule has 6 heteroatoms. The van der Waals surface area contributed by atoms with Crippen LogP contribution in [0.2, 0.25) is 0 Å². The van der Waals surface area contributed by atoms with Gasteiger partial charge in [-0.1, -0.05) is 42.0 Å². The molecule has 0 amide bonds. The van der Waals surface area contributed by atoms with Crippen molar-refractivity contribution in [3.8, 4) is 0 Å². The maximum atomic E-state index is 12.5. The number of thiazole rings is 1. The van der Waals surface area contributed by atoms with E-state index in [2.05, 4.69) is 23.5 Å². The van der Waals surface area contributed by atoms with Crippen molar-refractivity contribution in [2.45, 2.75) is 25.2 Å². The Morgan fingerprint density at radius 2 is 1.83 bits per heavy atom. The SMILES string of the molecule is CCc1ccc2c(c1)sc(=NS(=O)(=O)c1ccc(C)cc1)n2C. The summed E-state index contributed by atoms with van der Waals surface area (Å²) in [5.74, 6) is 0. The van der Waals surface area contributed by atoms with Crippen LogP contribution in [-0.2, 0) is 23.5 Å². The summed E-state index contributed by atoms with van der Waals surface area (Å²) in [5.41, 5.74) is 3.24. The van der Waals surface area contributed by atoms with Crippen LogP contribution in [-0.4, -0.2) is 13.0 Å². The van der Waals surface area contributed by atoms with Crippen molar-refractivity contribution in [1.29, 1.82) is 0 Å². The fourth-order valence-corrected chi connectivity index (χ4v) is 4.66. The number of aromatic nitrogens is 1. The average Bonchev–Trinajstić information content (AvgIpc) is 2.82. The Morgan fingerprint density at radius 3 is 2.48 bits per heavy atom. The maximum Gasteiger partial charge on any atom is 0.285 e. The van der Waals surface area contributed by atoms with Gasteiger partial charge in [0.1, 0.15) is 0 Å². The number of rotatable bonds is 3. The molecule has 3 aromatic rings. The molecule has 0 saturated carbocycles. The van der Waals surface area contributed by atoms with Crippen molar-refractivity contribution < 1.29 is 8.42 Å². The molecular formula is C17H18N2O2S2. The van der Waals surface area contributed by atoms with Gasteiger partial charge in [0.15, 0.2) is 0 Å². The van der Waals surface area contributed by atoms with Crippen LogP contribution in [0, 0.1) is 6.92 Å². The third kappa shape index (κ3) is 3.09. The lowest BCUT2D eigenvalue weighted by molar-refractivity contribution is 0.596. The van der Waals surface area contributed by atoms with Crippen LogP contribution in [0.25, 0.3) is 10.2 Å². The molecule has 4 nitrogen and oxygen atoms in total. The highest BCUT2D eigenvalue weighted by Crippen LogP contribution is 2.20. The second-order valence-corrected chi connectivity index (χ2v) is 8.09. The first-order valence-electron chi connectivity index (χ1n) is 7.37. The smallest absolute Gasteiger partial charge is 0.285 e. The second kappa shape index (κ2) is 5.94. The number of hydrogen-bond acceptors (Lipinski definition) is 3. The molecule has 0 unspecified atom stereocenters. The largest absolute Gasteiger partial charge is 0.319 e.